The molecule has 0 N–H and O–H groups in total. The number of rotatable bonds is 12. The zero-order valence-electron chi connectivity index (χ0n) is 17.4. The molecule has 1 heteroatoms. The van der Waals surface area contributed by atoms with Gasteiger partial charge >= 0.3 is 0 Å². The van der Waals surface area contributed by atoms with E-state index in [1.165, 1.54) is 47.9 Å². The first-order valence-corrected chi connectivity index (χ1v) is 10.8. The van der Waals surface area contributed by atoms with Crippen molar-refractivity contribution in [1.82, 2.24) is 0 Å². The van der Waals surface area contributed by atoms with Crippen LogP contribution in [0.25, 0.3) is 11.1 Å². The summed E-state index contributed by atoms with van der Waals surface area (Å²) in [5.41, 5.74) is 5.13. The van der Waals surface area contributed by atoms with Crippen molar-refractivity contribution >= 4 is 0 Å². The molecule has 0 fully saturated rings. The SMILES string of the molecule is CCCC[CH]C(F)CC(C)c1ccc(-c2ccc(CCCCC)cc2)cc1. The Morgan fingerprint density at radius 3 is 2.00 bits per heavy atom. The second-order valence-electron chi connectivity index (χ2n) is 7.81. The summed E-state index contributed by atoms with van der Waals surface area (Å²) in [4.78, 5) is 0. The van der Waals surface area contributed by atoms with Crippen molar-refractivity contribution in [2.75, 3.05) is 0 Å². The third kappa shape index (κ3) is 7.48. The maximum atomic E-state index is 14.1. The van der Waals surface area contributed by atoms with Gasteiger partial charge in [0.25, 0.3) is 0 Å². The lowest BCUT2D eigenvalue weighted by Gasteiger charge is -2.15. The van der Waals surface area contributed by atoms with E-state index in [2.05, 4.69) is 69.3 Å². The van der Waals surface area contributed by atoms with Crippen LogP contribution in [-0.4, -0.2) is 6.17 Å². The van der Waals surface area contributed by atoms with E-state index in [1.54, 1.807) is 0 Å². The molecule has 0 aliphatic carbocycles. The van der Waals surface area contributed by atoms with E-state index in [4.69, 9.17) is 0 Å². The Balaban J connectivity index is 1.90. The lowest BCUT2D eigenvalue weighted by molar-refractivity contribution is 0.329. The second kappa shape index (κ2) is 12.0. The maximum absolute atomic E-state index is 14.1. The molecule has 2 atom stereocenters. The van der Waals surface area contributed by atoms with Crippen molar-refractivity contribution < 1.29 is 4.39 Å². The van der Waals surface area contributed by atoms with Crippen LogP contribution in [0.15, 0.2) is 48.5 Å². The number of unbranched alkanes of at least 4 members (excludes halogenated alkanes) is 4. The van der Waals surface area contributed by atoms with Crippen LogP contribution in [0.1, 0.15) is 82.8 Å². The summed E-state index contributed by atoms with van der Waals surface area (Å²) in [5, 5.41) is 0. The molecule has 0 bridgehead atoms. The van der Waals surface area contributed by atoms with E-state index in [-0.39, 0.29) is 5.92 Å². The Kier molecular flexibility index (Phi) is 9.59. The fourth-order valence-electron chi connectivity index (χ4n) is 3.52. The van der Waals surface area contributed by atoms with Gasteiger partial charge in [-0.3, -0.25) is 0 Å². The second-order valence-corrected chi connectivity index (χ2v) is 7.81. The fraction of sp³-hybridized carbons (Fsp3) is 0.500. The molecule has 0 saturated carbocycles. The van der Waals surface area contributed by atoms with Gasteiger partial charge in [0.05, 0.1) is 0 Å². The lowest BCUT2D eigenvalue weighted by Crippen LogP contribution is -2.06. The molecule has 2 aromatic carbocycles. The third-order valence-electron chi connectivity index (χ3n) is 5.39. The maximum Gasteiger partial charge on any atom is 0.104 e. The first-order valence-electron chi connectivity index (χ1n) is 10.8. The van der Waals surface area contributed by atoms with Gasteiger partial charge in [0.15, 0.2) is 0 Å². The summed E-state index contributed by atoms with van der Waals surface area (Å²) in [7, 11) is 0. The average Bonchev–Trinajstić information content (AvgIpc) is 2.69. The van der Waals surface area contributed by atoms with Crippen molar-refractivity contribution in [2.45, 2.75) is 84.2 Å². The molecular formula is C26H36F. The third-order valence-corrected chi connectivity index (χ3v) is 5.39. The Morgan fingerprint density at radius 1 is 0.815 bits per heavy atom. The summed E-state index contributed by atoms with van der Waals surface area (Å²) in [6.45, 7) is 6.51. The van der Waals surface area contributed by atoms with Crippen LogP contribution in [0.4, 0.5) is 4.39 Å². The Morgan fingerprint density at radius 2 is 1.41 bits per heavy atom. The highest BCUT2D eigenvalue weighted by Crippen LogP contribution is 2.27. The van der Waals surface area contributed by atoms with Gasteiger partial charge in [-0.15, -0.1) is 0 Å². The van der Waals surface area contributed by atoms with E-state index in [0.29, 0.717) is 6.42 Å². The largest absolute Gasteiger partial charge is 0.247 e. The number of hydrogen-bond acceptors (Lipinski definition) is 0. The minimum absolute atomic E-state index is 0.243. The van der Waals surface area contributed by atoms with Crippen LogP contribution in [0, 0.1) is 6.42 Å². The Bertz CT molecular complexity index is 626. The van der Waals surface area contributed by atoms with Crippen molar-refractivity contribution in [3.05, 3.63) is 66.1 Å². The fourth-order valence-corrected chi connectivity index (χ4v) is 3.52. The molecule has 0 saturated heterocycles. The van der Waals surface area contributed by atoms with Crippen LogP contribution in [-0.2, 0) is 6.42 Å². The van der Waals surface area contributed by atoms with Gasteiger partial charge in [0.1, 0.15) is 6.17 Å². The van der Waals surface area contributed by atoms with Crippen LogP contribution >= 0.6 is 0 Å². The predicted octanol–water partition coefficient (Wildman–Crippen LogP) is 8.31. The molecule has 147 valence electrons. The molecule has 27 heavy (non-hydrogen) atoms. The van der Waals surface area contributed by atoms with Gasteiger partial charge in [0.2, 0.25) is 0 Å². The molecule has 0 aliphatic heterocycles. The monoisotopic (exact) mass is 367 g/mol. The van der Waals surface area contributed by atoms with Crippen LogP contribution < -0.4 is 0 Å². The van der Waals surface area contributed by atoms with Gasteiger partial charge in [-0.25, -0.2) is 4.39 Å². The van der Waals surface area contributed by atoms with Gasteiger partial charge < -0.3 is 0 Å². The van der Waals surface area contributed by atoms with Crippen LogP contribution in [0.2, 0.25) is 0 Å². The molecule has 0 amide bonds. The summed E-state index contributed by atoms with van der Waals surface area (Å²) >= 11 is 0. The summed E-state index contributed by atoms with van der Waals surface area (Å²) < 4.78 is 14.1. The predicted molar refractivity (Wildman–Crippen MR) is 117 cm³/mol. The van der Waals surface area contributed by atoms with Crippen LogP contribution in [0.3, 0.4) is 0 Å². The van der Waals surface area contributed by atoms with Crippen molar-refractivity contribution in [2.24, 2.45) is 0 Å². The van der Waals surface area contributed by atoms with Crippen molar-refractivity contribution in [3.8, 4) is 11.1 Å². The van der Waals surface area contributed by atoms with E-state index in [1.807, 2.05) is 6.42 Å². The number of hydrogen-bond donors (Lipinski definition) is 0. The van der Waals surface area contributed by atoms with E-state index in [0.717, 1.165) is 19.3 Å². The summed E-state index contributed by atoms with van der Waals surface area (Å²) in [6.07, 6.45) is 9.73. The Hall–Kier alpha value is -1.63. The minimum Gasteiger partial charge on any atom is -0.247 e. The van der Waals surface area contributed by atoms with E-state index >= 15 is 0 Å². The lowest BCUT2D eigenvalue weighted by atomic mass is 9.92. The first-order chi connectivity index (χ1) is 13.1. The zero-order chi connectivity index (χ0) is 19.5. The highest BCUT2D eigenvalue weighted by atomic mass is 19.1. The smallest absolute Gasteiger partial charge is 0.104 e. The first kappa shape index (κ1) is 21.7. The van der Waals surface area contributed by atoms with Gasteiger partial charge in [-0.05, 0) is 60.3 Å². The molecule has 0 nitrogen and oxygen atoms in total. The van der Waals surface area contributed by atoms with Crippen molar-refractivity contribution in [3.63, 3.8) is 0 Å². The van der Waals surface area contributed by atoms with Crippen molar-refractivity contribution in [1.29, 1.82) is 0 Å². The molecule has 2 aromatic rings. The molecular weight excluding hydrogens is 331 g/mol. The molecule has 0 aromatic heterocycles. The molecule has 1 radical (unpaired) electrons. The van der Waals surface area contributed by atoms with Gasteiger partial charge in [-0.2, -0.15) is 0 Å². The molecule has 2 unspecified atom stereocenters. The van der Waals surface area contributed by atoms with Gasteiger partial charge in [-0.1, -0.05) is 95.0 Å². The molecule has 0 heterocycles. The van der Waals surface area contributed by atoms with E-state index < -0.39 is 6.17 Å². The van der Waals surface area contributed by atoms with Gasteiger partial charge in [0, 0.05) is 0 Å². The molecule has 0 spiro atoms. The minimum atomic E-state index is -0.800. The number of benzene rings is 2. The zero-order valence-corrected chi connectivity index (χ0v) is 17.4. The molecule has 2 rings (SSSR count). The number of aryl methyl sites for hydroxylation is 1. The van der Waals surface area contributed by atoms with E-state index in [9.17, 15) is 4.39 Å². The Labute approximate surface area is 166 Å². The number of halogens is 1. The summed E-state index contributed by atoms with van der Waals surface area (Å²) in [6, 6.07) is 17.6. The summed E-state index contributed by atoms with van der Waals surface area (Å²) in [5.74, 6) is 0.243. The highest BCUT2D eigenvalue weighted by Gasteiger charge is 2.14. The van der Waals surface area contributed by atoms with Crippen LogP contribution in [0.5, 0.6) is 0 Å². The number of alkyl halides is 1. The molecule has 0 aliphatic rings. The quantitative estimate of drug-likeness (QED) is 0.331. The average molecular weight is 368 g/mol. The normalized spacial score (nSPS) is 13.5. The highest BCUT2D eigenvalue weighted by molar-refractivity contribution is 5.64. The topological polar surface area (TPSA) is 0 Å². The standard InChI is InChI=1S/C26H36F/c1-4-6-8-10-22-12-14-24(15-13-22)25-18-16-23(17-19-25)21(3)20-26(27)11-9-7-5-2/h11-19,21,26H,4-10,20H2,1-3H3.